The van der Waals surface area contributed by atoms with Gasteiger partial charge in [-0.15, -0.1) is 0 Å². The Balaban J connectivity index is 4.00. The maximum Gasteiger partial charge on any atom is 0.275 e. The Kier molecular flexibility index (Phi) is 19.6. The number of likely N-dealkylation sites (N-methyl/N-ethyl adjacent to an activating group) is 2. The van der Waals surface area contributed by atoms with Gasteiger partial charge in [-0.25, -0.2) is 0 Å². The van der Waals surface area contributed by atoms with Gasteiger partial charge in [0.1, 0.15) is 5.25 Å². The number of hydrogen-bond donors (Lipinski definition) is 1. The van der Waals surface area contributed by atoms with Crippen molar-refractivity contribution in [2.75, 3.05) is 65.1 Å². The average Bonchev–Trinajstić information content (AvgIpc) is 2.81. The number of carbonyl (C=O) groups is 3. The molecule has 0 aromatic carbocycles. The molecule has 2 amide bonds. The number of ether oxygens (including phenoxy) is 2. The predicted octanol–water partition coefficient (Wildman–Crippen LogP) is 3.02. The summed E-state index contributed by atoms with van der Waals surface area (Å²) in [6.07, 6.45) is 1.61. The molecule has 10 nitrogen and oxygen atoms in total. The molecule has 1 N–H and O–H groups in total. The highest BCUT2D eigenvalue weighted by atomic mass is 33.1. The minimum absolute atomic E-state index is 0.0266. The largest absolute Gasteiger partial charge is 0.379 e. The third-order valence-electron chi connectivity index (χ3n) is 5.49. The molecular weight excluding hydrogens is 540 g/mol. The molecule has 0 aliphatic heterocycles. The van der Waals surface area contributed by atoms with Crippen LogP contribution in [0.2, 0.25) is 0 Å². The Bertz CT molecular complexity index is 778. The first-order valence-corrected chi connectivity index (χ1v) is 16.6. The fourth-order valence-electron chi connectivity index (χ4n) is 2.94. The third kappa shape index (κ3) is 18.1. The van der Waals surface area contributed by atoms with Crippen LogP contribution in [-0.2, 0) is 34.0 Å². The number of hydrogen-bond acceptors (Lipinski definition) is 9. The van der Waals surface area contributed by atoms with Crippen molar-refractivity contribution >= 4 is 49.3 Å². The van der Waals surface area contributed by atoms with E-state index in [2.05, 4.69) is 13.8 Å². The predicted molar refractivity (Wildman–Crippen MR) is 150 cm³/mol. The Morgan fingerprint density at radius 1 is 0.784 bits per heavy atom. The van der Waals surface area contributed by atoms with Gasteiger partial charge in [-0.05, 0) is 18.8 Å². The number of ketones is 1. The molecule has 1 atom stereocenters. The molecule has 0 aromatic heterocycles. The van der Waals surface area contributed by atoms with Crippen molar-refractivity contribution in [2.45, 2.75) is 58.6 Å². The molecule has 0 spiro atoms. The number of rotatable bonds is 22. The summed E-state index contributed by atoms with van der Waals surface area (Å²) in [6, 6.07) is 0. The monoisotopic (exact) mass is 586 g/mol. The molecule has 0 bridgehead atoms. The summed E-state index contributed by atoms with van der Waals surface area (Å²) in [4.78, 5) is 39.7. The van der Waals surface area contributed by atoms with Crippen molar-refractivity contribution in [3.63, 3.8) is 0 Å². The van der Waals surface area contributed by atoms with Gasteiger partial charge in [-0.1, -0.05) is 49.3 Å². The van der Waals surface area contributed by atoms with E-state index in [0.717, 1.165) is 6.42 Å². The van der Waals surface area contributed by atoms with Gasteiger partial charge in [0, 0.05) is 57.6 Å². The van der Waals surface area contributed by atoms with E-state index in [4.69, 9.17) is 9.47 Å². The SMILES string of the molecule is CC(C)CCOCCOCCC(=O)N(C)CCN(C)C(=O)CCSSCCC(C(=O)C(C)C)S(=O)(=O)O. The average molecular weight is 587 g/mol. The fraction of sp³-hybridized carbons (Fsp3) is 0.875. The van der Waals surface area contributed by atoms with Crippen molar-refractivity contribution in [2.24, 2.45) is 11.8 Å². The standard InChI is InChI=1S/C24H46N2O8S3/c1-19(2)7-13-33-15-16-34-14-8-22(27)25(5)11-12-26(6)23(28)10-18-36-35-17-9-21(37(30,31)32)24(29)20(3)4/h19-21H,7-18H2,1-6H3,(H,30,31,32). The molecule has 0 rings (SSSR count). The lowest BCUT2D eigenvalue weighted by Crippen LogP contribution is -2.37. The van der Waals surface area contributed by atoms with Crippen molar-refractivity contribution in [3.05, 3.63) is 0 Å². The fourth-order valence-corrected chi connectivity index (χ4v) is 6.15. The van der Waals surface area contributed by atoms with Crippen LogP contribution >= 0.6 is 21.6 Å². The van der Waals surface area contributed by atoms with Crippen molar-refractivity contribution in [3.8, 4) is 0 Å². The zero-order valence-electron chi connectivity index (χ0n) is 23.1. The lowest BCUT2D eigenvalue weighted by molar-refractivity contribution is -0.134. The van der Waals surface area contributed by atoms with Gasteiger partial charge in [0.15, 0.2) is 5.78 Å². The maximum absolute atomic E-state index is 12.3. The Morgan fingerprint density at radius 2 is 1.30 bits per heavy atom. The second kappa shape index (κ2) is 20.1. The highest BCUT2D eigenvalue weighted by Gasteiger charge is 2.31. The Morgan fingerprint density at radius 3 is 1.81 bits per heavy atom. The van der Waals surface area contributed by atoms with E-state index in [1.165, 1.54) is 21.6 Å². The maximum atomic E-state index is 12.3. The molecule has 0 aliphatic rings. The molecule has 0 saturated heterocycles. The minimum Gasteiger partial charge on any atom is -0.379 e. The highest BCUT2D eigenvalue weighted by molar-refractivity contribution is 8.76. The van der Waals surface area contributed by atoms with E-state index in [1.54, 1.807) is 37.7 Å². The smallest absolute Gasteiger partial charge is 0.275 e. The zero-order valence-corrected chi connectivity index (χ0v) is 25.6. The second-order valence-corrected chi connectivity index (χ2v) is 13.8. The van der Waals surface area contributed by atoms with Crippen LogP contribution in [0.15, 0.2) is 0 Å². The number of Topliss-reactive ketones (excluding diaryl/α,β-unsaturated/α-hetero) is 1. The molecule has 0 fully saturated rings. The third-order valence-corrected chi connectivity index (χ3v) is 9.11. The van der Waals surface area contributed by atoms with Gasteiger partial charge in [-0.2, -0.15) is 8.42 Å². The molecule has 0 radical (unpaired) electrons. The molecule has 37 heavy (non-hydrogen) atoms. The highest BCUT2D eigenvalue weighted by Crippen LogP contribution is 2.25. The van der Waals surface area contributed by atoms with Crippen LogP contribution in [0.25, 0.3) is 0 Å². The molecule has 0 saturated carbocycles. The summed E-state index contributed by atoms with van der Waals surface area (Å²) in [6.45, 7) is 10.3. The summed E-state index contributed by atoms with van der Waals surface area (Å²) >= 11 is 0. The van der Waals surface area contributed by atoms with Crippen LogP contribution in [0, 0.1) is 11.8 Å². The normalized spacial score (nSPS) is 12.7. The van der Waals surface area contributed by atoms with E-state index < -0.39 is 27.1 Å². The first kappa shape index (κ1) is 36.1. The number of nitrogens with zero attached hydrogens (tertiary/aromatic N) is 2. The Hall–Kier alpha value is -0.860. The molecule has 218 valence electrons. The van der Waals surface area contributed by atoms with E-state index >= 15 is 0 Å². The first-order valence-electron chi connectivity index (χ1n) is 12.6. The van der Waals surface area contributed by atoms with Gasteiger partial charge >= 0.3 is 0 Å². The van der Waals surface area contributed by atoms with E-state index in [1.807, 2.05) is 0 Å². The van der Waals surface area contributed by atoms with Crippen molar-refractivity contribution < 1.29 is 36.8 Å². The lowest BCUT2D eigenvalue weighted by atomic mass is 10.0. The minimum atomic E-state index is -4.43. The molecule has 13 heteroatoms. The van der Waals surface area contributed by atoms with Crippen LogP contribution in [0.5, 0.6) is 0 Å². The number of amides is 2. The van der Waals surface area contributed by atoms with Gasteiger partial charge in [0.05, 0.1) is 26.2 Å². The van der Waals surface area contributed by atoms with Gasteiger partial charge in [0.2, 0.25) is 11.8 Å². The van der Waals surface area contributed by atoms with Gasteiger partial charge in [-0.3, -0.25) is 18.9 Å². The van der Waals surface area contributed by atoms with Gasteiger partial charge < -0.3 is 19.3 Å². The zero-order chi connectivity index (χ0) is 28.4. The molecular formula is C24H46N2O8S3. The summed E-state index contributed by atoms with van der Waals surface area (Å²) in [5.74, 6) is 0.409. The van der Waals surface area contributed by atoms with Crippen LogP contribution in [0.1, 0.15) is 53.4 Å². The molecule has 0 heterocycles. The van der Waals surface area contributed by atoms with E-state index in [9.17, 15) is 27.4 Å². The van der Waals surface area contributed by atoms with E-state index in [-0.39, 0.29) is 24.7 Å². The molecule has 0 aliphatic carbocycles. The van der Waals surface area contributed by atoms with Gasteiger partial charge in [0.25, 0.3) is 10.1 Å². The van der Waals surface area contributed by atoms with Crippen molar-refractivity contribution in [1.29, 1.82) is 0 Å². The van der Waals surface area contributed by atoms with Crippen LogP contribution in [0.3, 0.4) is 0 Å². The number of carbonyl (C=O) groups excluding carboxylic acids is 3. The topological polar surface area (TPSA) is 131 Å². The van der Waals surface area contributed by atoms with Crippen molar-refractivity contribution in [1.82, 2.24) is 9.80 Å². The summed E-state index contributed by atoms with van der Waals surface area (Å²) in [5, 5.41) is -1.41. The van der Waals surface area contributed by atoms with Crippen LogP contribution in [-0.4, -0.2) is 111 Å². The van der Waals surface area contributed by atoms with Crippen LogP contribution in [0.4, 0.5) is 0 Å². The second-order valence-electron chi connectivity index (χ2n) is 9.53. The molecule has 1 unspecified atom stereocenters. The lowest BCUT2D eigenvalue weighted by Gasteiger charge is -2.22. The summed E-state index contributed by atoms with van der Waals surface area (Å²) in [5.41, 5.74) is 0. The summed E-state index contributed by atoms with van der Waals surface area (Å²) < 4.78 is 43.2. The van der Waals surface area contributed by atoms with E-state index in [0.29, 0.717) is 63.4 Å². The quantitative estimate of drug-likeness (QED) is 0.115. The summed E-state index contributed by atoms with van der Waals surface area (Å²) in [7, 11) is 1.73. The first-order chi connectivity index (χ1) is 17.3. The molecule has 0 aromatic rings. The van der Waals surface area contributed by atoms with Crippen LogP contribution < -0.4 is 0 Å². The Labute approximate surface area is 231 Å².